The van der Waals surface area contributed by atoms with Gasteiger partial charge < -0.3 is 24.1 Å². The Labute approximate surface area is 251 Å². The molecular weight excluding hydrogens is 546 g/mol. The molecule has 6 atom stereocenters. The van der Waals surface area contributed by atoms with Crippen LogP contribution in [0.5, 0.6) is 11.5 Å². The van der Waals surface area contributed by atoms with E-state index < -0.39 is 5.60 Å². The minimum atomic E-state index is -0.396. The molecule has 7 aliphatic rings. The molecule has 2 spiro atoms. The van der Waals surface area contributed by atoms with Gasteiger partial charge in [-0.25, -0.2) is 0 Å². The van der Waals surface area contributed by atoms with E-state index >= 15 is 0 Å². The van der Waals surface area contributed by atoms with Crippen molar-refractivity contribution in [2.45, 2.75) is 74.7 Å². The van der Waals surface area contributed by atoms with E-state index in [1.807, 2.05) is 18.4 Å². The maximum Gasteiger partial charge on any atom is 0.165 e. The Morgan fingerprint density at radius 1 is 1.12 bits per heavy atom. The van der Waals surface area contributed by atoms with E-state index in [-0.39, 0.29) is 36.1 Å². The second kappa shape index (κ2) is 9.42. The lowest BCUT2D eigenvalue weighted by atomic mass is 9.35. The molecule has 6 unspecified atom stereocenters. The predicted molar refractivity (Wildman–Crippen MR) is 163 cm³/mol. The van der Waals surface area contributed by atoms with E-state index in [9.17, 15) is 5.11 Å². The second-order valence-electron chi connectivity index (χ2n) is 13.9. The van der Waals surface area contributed by atoms with Crippen molar-refractivity contribution in [1.82, 2.24) is 4.90 Å². The average Bonchev–Trinajstić information content (AvgIpc) is 3.61. The van der Waals surface area contributed by atoms with E-state index in [0.717, 1.165) is 49.6 Å². The molecule has 3 heterocycles. The van der Waals surface area contributed by atoms with E-state index in [1.165, 1.54) is 51.9 Å². The minimum Gasteiger partial charge on any atom is -0.487 e. The summed E-state index contributed by atoms with van der Waals surface area (Å²) in [6.45, 7) is 3.98. The molecule has 4 saturated carbocycles. The number of likely N-dealkylation sites (tertiary alicyclic amines) is 1. The summed E-state index contributed by atoms with van der Waals surface area (Å²) in [5, 5.41) is 10.8. The maximum absolute atomic E-state index is 9.55. The fraction of sp³-hybridized carbons (Fsp3) is 0.600. The molecule has 2 aliphatic heterocycles. The zero-order valence-corrected chi connectivity index (χ0v) is 25.3. The van der Waals surface area contributed by atoms with Gasteiger partial charge in [0.2, 0.25) is 0 Å². The molecule has 1 aromatic heterocycles. The predicted octanol–water partition coefficient (Wildman–Crippen LogP) is 5.71. The maximum atomic E-state index is 9.55. The molecule has 42 heavy (non-hydrogen) atoms. The van der Waals surface area contributed by atoms with Crippen molar-refractivity contribution in [2.24, 2.45) is 17.3 Å². The van der Waals surface area contributed by atoms with Gasteiger partial charge in [-0.2, -0.15) is 0 Å². The normalized spacial score (nSPS) is 35.8. The summed E-state index contributed by atoms with van der Waals surface area (Å²) in [7, 11) is 1.91. The molecule has 7 heteroatoms. The Kier molecular flexibility index (Phi) is 5.89. The minimum absolute atomic E-state index is 0.00550. The Morgan fingerprint density at radius 3 is 2.86 bits per heavy atom. The first-order chi connectivity index (χ1) is 20.6. The third-order valence-electron chi connectivity index (χ3n) is 12.2. The number of rotatable bonds is 10. The molecule has 5 fully saturated rings. The van der Waals surface area contributed by atoms with Crippen molar-refractivity contribution in [3.8, 4) is 11.5 Å². The van der Waals surface area contributed by atoms with Crippen molar-refractivity contribution >= 4 is 21.4 Å². The van der Waals surface area contributed by atoms with Crippen LogP contribution in [0, 0.1) is 17.3 Å². The standard InChI is InChI=1S/C35H41NO5S/c1-38-35-11-10-33(18-25(35)20-39-21-26-16-23-4-2-3-5-28(23)42-26)29-17-24-8-9-27(40-15-14-37)31-30(24)34(33,32(35)41-31)12-13-36(29)19-22-6-7-22/h2-5,8-9,16,22,25,29,32,37H,6-7,10-15,17-21H2,1H3. The Balaban J connectivity index is 1.10. The van der Waals surface area contributed by atoms with Crippen molar-refractivity contribution in [2.75, 3.05) is 40.0 Å². The van der Waals surface area contributed by atoms with Crippen molar-refractivity contribution < 1.29 is 24.1 Å². The molecule has 10 rings (SSSR count). The highest BCUT2D eigenvalue weighted by molar-refractivity contribution is 7.19. The van der Waals surface area contributed by atoms with Crippen LogP contribution < -0.4 is 9.47 Å². The van der Waals surface area contributed by atoms with E-state index in [2.05, 4.69) is 47.4 Å². The quantitative estimate of drug-likeness (QED) is 0.328. The van der Waals surface area contributed by atoms with Crippen LogP contribution in [0.3, 0.4) is 0 Å². The van der Waals surface area contributed by atoms with Gasteiger partial charge in [0.15, 0.2) is 11.5 Å². The lowest BCUT2D eigenvalue weighted by molar-refractivity contribution is -0.283. The van der Waals surface area contributed by atoms with E-state index in [0.29, 0.717) is 19.3 Å². The van der Waals surface area contributed by atoms with Crippen molar-refractivity contribution in [3.63, 3.8) is 0 Å². The van der Waals surface area contributed by atoms with Gasteiger partial charge in [-0.05, 0) is 86.6 Å². The van der Waals surface area contributed by atoms with E-state index in [4.69, 9.17) is 18.9 Å². The van der Waals surface area contributed by atoms with Gasteiger partial charge in [0.05, 0.1) is 19.8 Å². The molecule has 2 aromatic carbocycles. The number of nitrogens with zero attached hydrogens (tertiary/aromatic N) is 1. The Morgan fingerprint density at radius 2 is 2.02 bits per heavy atom. The van der Waals surface area contributed by atoms with Gasteiger partial charge >= 0.3 is 0 Å². The summed E-state index contributed by atoms with van der Waals surface area (Å²) in [6, 6.07) is 15.8. The smallest absolute Gasteiger partial charge is 0.165 e. The molecule has 1 saturated heterocycles. The lowest BCUT2D eigenvalue weighted by Gasteiger charge is -2.74. The zero-order chi connectivity index (χ0) is 28.1. The van der Waals surface area contributed by atoms with Crippen molar-refractivity contribution in [3.05, 3.63) is 58.5 Å². The van der Waals surface area contributed by atoms with Gasteiger partial charge in [-0.3, -0.25) is 4.90 Å². The topological polar surface area (TPSA) is 60.4 Å². The van der Waals surface area contributed by atoms with Gasteiger partial charge in [0.25, 0.3) is 0 Å². The Bertz CT molecular complexity index is 1500. The van der Waals surface area contributed by atoms with Crippen molar-refractivity contribution in [1.29, 1.82) is 0 Å². The number of methoxy groups -OCH3 is 1. The number of aliphatic hydroxyl groups excluding tert-OH is 1. The number of fused-ring (bicyclic) bond motifs is 3. The first kappa shape index (κ1) is 26.3. The Hall–Kier alpha value is -2.16. The first-order valence-electron chi connectivity index (χ1n) is 16.0. The van der Waals surface area contributed by atoms with Crippen LogP contribution >= 0.6 is 11.3 Å². The fourth-order valence-corrected chi connectivity index (χ4v) is 11.4. The van der Waals surface area contributed by atoms with Crippen LogP contribution in [-0.4, -0.2) is 67.8 Å². The molecule has 6 nitrogen and oxygen atoms in total. The van der Waals surface area contributed by atoms with Crippen LogP contribution in [0.2, 0.25) is 0 Å². The number of thiophene rings is 1. The van der Waals surface area contributed by atoms with Gasteiger partial charge in [-0.15, -0.1) is 11.3 Å². The number of piperidine rings is 1. The number of benzene rings is 2. The molecule has 1 N–H and O–H groups in total. The van der Waals surface area contributed by atoms with Crippen LogP contribution in [0.4, 0.5) is 0 Å². The average molecular weight is 588 g/mol. The van der Waals surface area contributed by atoms with Crippen LogP contribution in [0.15, 0.2) is 42.5 Å². The molecule has 0 amide bonds. The number of aliphatic hydroxyl groups is 1. The summed E-state index contributed by atoms with van der Waals surface area (Å²) in [5.41, 5.74) is 2.54. The van der Waals surface area contributed by atoms with Crippen LogP contribution in [-0.2, 0) is 27.9 Å². The molecule has 222 valence electrons. The van der Waals surface area contributed by atoms with Crippen LogP contribution in [0.1, 0.15) is 54.5 Å². The fourth-order valence-electron chi connectivity index (χ4n) is 10.4. The number of hydrogen-bond donors (Lipinski definition) is 1. The lowest BCUT2D eigenvalue weighted by Crippen LogP contribution is -2.81. The molecule has 0 radical (unpaired) electrons. The summed E-state index contributed by atoms with van der Waals surface area (Å²) in [6.07, 6.45) is 8.25. The summed E-state index contributed by atoms with van der Waals surface area (Å²) < 4.78 is 27.9. The highest BCUT2D eigenvalue weighted by Gasteiger charge is 2.80. The third kappa shape index (κ3) is 3.40. The molecule has 5 aliphatic carbocycles. The van der Waals surface area contributed by atoms with Gasteiger partial charge in [0.1, 0.15) is 18.3 Å². The SMILES string of the molecule is COC12CCC3(CC1COCc1cc4ccccc4s1)C1Cc4ccc(OCCO)c5c4C3(CCN1CC1CC1)C2O5. The monoisotopic (exact) mass is 587 g/mol. The van der Waals surface area contributed by atoms with Gasteiger partial charge in [-0.1, -0.05) is 24.3 Å². The highest BCUT2D eigenvalue weighted by atomic mass is 32.1. The zero-order valence-electron chi connectivity index (χ0n) is 24.5. The number of ether oxygens (including phenoxy) is 4. The summed E-state index contributed by atoms with van der Waals surface area (Å²) in [5.74, 6) is 2.86. The number of hydrogen-bond acceptors (Lipinski definition) is 7. The molecular formula is C35H41NO5S. The highest BCUT2D eigenvalue weighted by Crippen LogP contribution is 2.76. The third-order valence-corrected chi connectivity index (χ3v) is 13.3. The first-order valence-corrected chi connectivity index (χ1v) is 16.8. The molecule has 3 aromatic rings. The largest absolute Gasteiger partial charge is 0.487 e. The van der Waals surface area contributed by atoms with Crippen LogP contribution in [0.25, 0.3) is 10.1 Å². The molecule has 4 bridgehead atoms. The summed E-state index contributed by atoms with van der Waals surface area (Å²) >= 11 is 1.84. The van der Waals surface area contributed by atoms with E-state index in [1.54, 1.807) is 0 Å². The summed E-state index contributed by atoms with van der Waals surface area (Å²) in [4.78, 5) is 4.17. The second-order valence-corrected chi connectivity index (χ2v) is 15.0. The van der Waals surface area contributed by atoms with Gasteiger partial charge in [0, 0.05) is 51.6 Å².